The fourth-order valence-electron chi connectivity index (χ4n) is 4.65. The molecule has 1 saturated heterocycles. The molecule has 1 N–H and O–H groups in total. The Morgan fingerprint density at radius 3 is 2.47 bits per heavy atom. The number of benzene rings is 2. The summed E-state index contributed by atoms with van der Waals surface area (Å²) in [6, 6.07) is 16.3. The van der Waals surface area contributed by atoms with Gasteiger partial charge in [-0.3, -0.25) is 14.5 Å². The van der Waals surface area contributed by atoms with Crippen LogP contribution in [0.5, 0.6) is 5.75 Å². The van der Waals surface area contributed by atoms with E-state index in [1.165, 1.54) is 11.1 Å². The molecule has 1 atom stereocenters. The first kappa shape index (κ1) is 22.3. The molecule has 0 aliphatic carbocycles. The number of anilines is 1. The van der Waals surface area contributed by atoms with Crippen LogP contribution in [0.25, 0.3) is 0 Å². The zero-order valence-corrected chi connectivity index (χ0v) is 19.0. The van der Waals surface area contributed by atoms with Crippen LogP contribution in [-0.4, -0.2) is 49.0 Å². The Morgan fingerprint density at radius 1 is 1.03 bits per heavy atom. The molecule has 4 rings (SSSR count). The van der Waals surface area contributed by atoms with Gasteiger partial charge in [-0.05, 0) is 54.2 Å². The van der Waals surface area contributed by atoms with E-state index in [9.17, 15) is 9.59 Å². The lowest BCUT2D eigenvalue weighted by Gasteiger charge is -2.38. The number of carbonyl (C=O) groups is 2. The molecule has 0 saturated carbocycles. The Kier molecular flexibility index (Phi) is 7.10. The van der Waals surface area contributed by atoms with Gasteiger partial charge in [0.15, 0.2) is 6.61 Å². The minimum Gasteiger partial charge on any atom is -0.484 e. The van der Waals surface area contributed by atoms with Crippen LogP contribution in [0, 0.1) is 5.92 Å². The molecule has 2 aliphatic heterocycles. The van der Waals surface area contributed by atoms with E-state index < -0.39 is 0 Å². The lowest BCUT2D eigenvalue weighted by molar-refractivity contribution is -0.123. The Balaban J connectivity index is 1.26. The maximum absolute atomic E-state index is 12.4. The number of carbonyl (C=O) groups excluding carboxylic acids is 2. The van der Waals surface area contributed by atoms with Gasteiger partial charge >= 0.3 is 0 Å². The van der Waals surface area contributed by atoms with Gasteiger partial charge in [-0.2, -0.15) is 0 Å². The van der Waals surface area contributed by atoms with Gasteiger partial charge in [0, 0.05) is 44.3 Å². The van der Waals surface area contributed by atoms with Crippen LogP contribution in [0.3, 0.4) is 0 Å². The van der Waals surface area contributed by atoms with Gasteiger partial charge in [-0.15, -0.1) is 0 Å². The van der Waals surface area contributed by atoms with Crippen LogP contribution in [0.4, 0.5) is 5.69 Å². The molecule has 2 aromatic rings. The molecule has 2 aromatic carbocycles. The highest BCUT2D eigenvalue weighted by molar-refractivity contribution is 5.95. The number of fused-ring (bicyclic) bond motifs is 1. The molecule has 1 unspecified atom stereocenters. The Morgan fingerprint density at radius 2 is 1.78 bits per heavy atom. The molecular formula is C26H33N3O3. The fourth-order valence-corrected chi connectivity index (χ4v) is 4.65. The molecule has 0 aromatic heterocycles. The van der Waals surface area contributed by atoms with E-state index in [0.717, 1.165) is 38.2 Å². The average molecular weight is 436 g/mol. The van der Waals surface area contributed by atoms with Crippen molar-refractivity contribution in [2.45, 2.75) is 45.7 Å². The van der Waals surface area contributed by atoms with Gasteiger partial charge in [0.25, 0.3) is 5.91 Å². The maximum Gasteiger partial charge on any atom is 0.257 e. The number of nitrogens with zero attached hydrogens (tertiary/aromatic N) is 2. The monoisotopic (exact) mass is 435 g/mol. The van der Waals surface area contributed by atoms with Crippen molar-refractivity contribution < 1.29 is 14.3 Å². The lowest BCUT2D eigenvalue weighted by Crippen LogP contribution is -2.49. The number of ether oxygens (including phenoxy) is 1. The van der Waals surface area contributed by atoms with Crippen molar-refractivity contribution in [1.29, 1.82) is 0 Å². The van der Waals surface area contributed by atoms with E-state index in [2.05, 4.69) is 48.3 Å². The van der Waals surface area contributed by atoms with Crippen molar-refractivity contribution in [1.82, 2.24) is 10.2 Å². The van der Waals surface area contributed by atoms with Crippen LogP contribution in [0.15, 0.2) is 48.5 Å². The van der Waals surface area contributed by atoms with E-state index in [1.54, 1.807) is 4.90 Å². The van der Waals surface area contributed by atoms with Crippen LogP contribution in [0.1, 0.15) is 37.8 Å². The lowest BCUT2D eigenvalue weighted by atomic mass is 9.95. The van der Waals surface area contributed by atoms with Gasteiger partial charge in [0.05, 0.1) is 0 Å². The van der Waals surface area contributed by atoms with Crippen molar-refractivity contribution in [3.8, 4) is 5.75 Å². The van der Waals surface area contributed by atoms with E-state index in [-0.39, 0.29) is 24.5 Å². The summed E-state index contributed by atoms with van der Waals surface area (Å²) >= 11 is 0. The molecule has 170 valence electrons. The van der Waals surface area contributed by atoms with Crippen molar-refractivity contribution in [2.75, 3.05) is 31.1 Å². The Bertz CT molecular complexity index is 942. The predicted molar refractivity (Wildman–Crippen MR) is 126 cm³/mol. The Hall–Kier alpha value is -2.86. The highest BCUT2D eigenvalue weighted by Crippen LogP contribution is 2.24. The minimum absolute atomic E-state index is 0.0182. The Labute approximate surface area is 190 Å². The molecule has 0 radical (unpaired) electrons. The number of amides is 2. The smallest absolute Gasteiger partial charge is 0.257 e. The average Bonchev–Trinajstić information content (AvgIpc) is 3.23. The molecule has 2 aliphatic rings. The summed E-state index contributed by atoms with van der Waals surface area (Å²) in [5.74, 6) is 1.10. The summed E-state index contributed by atoms with van der Waals surface area (Å²) in [5, 5.41) is 3.06. The molecule has 0 spiro atoms. The third-order valence-corrected chi connectivity index (χ3v) is 6.50. The summed E-state index contributed by atoms with van der Waals surface area (Å²) in [6.07, 6.45) is 2.56. The number of rotatable bonds is 8. The molecule has 6 heteroatoms. The second-order valence-electron chi connectivity index (χ2n) is 9.04. The first-order valence-corrected chi connectivity index (χ1v) is 11.6. The van der Waals surface area contributed by atoms with Crippen molar-refractivity contribution in [3.05, 3.63) is 59.7 Å². The SMILES string of the molecule is CC(C)C(CNC(=O)COc1ccc(N2CCCC2=O)cc1)N1CCc2ccccc2C1. The molecule has 6 nitrogen and oxygen atoms in total. The third kappa shape index (κ3) is 5.30. The second-order valence-corrected chi connectivity index (χ2v) is 9.04. The summed E-state index contributed by atoms with van der Waals surface area (Å²) in [5.41, 5.74) is 3.70. The van der Waals surface area contributed by atoms with Crippen molar-refractivity contribution in [3.63, 3.8) is 0 Å². The normalized spacial score (nSPS) is 17.3. The first-order chi connectivity index (χ1) is 15.5. The summed E-state index contributed by atoms with van der Waals surface area (Å²) in [6.45, 7) is 7.71. The molecule has 1 fully saturated rings. The summed E-state index contributed by atoms with van der Waals surface area (Å²) in [7, 11) is 0. The number of hydrogen-bond donors (Lipinski definition) is 1. The largest absolute Gasteiger partial charge is 0.484 e. The van der Waals surface area contributed by atoms with Gasteiger partial charge in [-0.1, -0.05) is 38.1 Å². The minimum atomic E-state index is -0.119. The zero-order valence-electron chi connectivity index (χ0n) is 19.0. The van der Waals surface area contributed by atoms with E-state index in [0.29, 0.717) is 24.6 Å². The van der Waals surface area contributed by atoms with E-state index in [1.807, 2.05) is 24.3 Å². The second kappa shape index (κ2) is 10.2. The zero-order chi connectivity index (χ0) is 22.5. The van der Waals surface area contributed by atoms with E-state index >= 15 is 0 Å². The van der Waals surface area contributed by atoms with E-state index in [4.69, 9.17) is 4.74 Å². The highest BCUT2D eigenvalue weighted by Gasteiger charge is 2.26. The quantitative estimate of drug-likeness (QED) is 0.691. The van der Waals surface area contributed by atoms with Crippen LogP contribution < -0.4 is 15.0 Å². The molecule has 0 bridgehead atoms. The fraction of sp³-hybridized carbons (Fsp3) is 0.462. The van der Waals surface area contributed by atoms with Gasteiger partial charge in [-0.25, -0.2) is 0 Å². The molecule has 2 amide bonds. The molecule has 32 heavy (non-hydrogen) atoms. The first-order valence-electron chi connectivity index (χ1n) is 11.6. The van der Waals surface area contributed by atoms with Crippen molar-refractivity contribution >= 4 is 17.5 Å². The standard InChI is InChI=1S/C26H33N3O3/c1-19(2)24(28-15-13-20-6-3-4-7-21(20)17-28)16-27-25(30)18-32-23-11-9-22(10-12-23)29-14-5-8-26(29)31/h3-4,6-7,9-12,19,24H,5,8,13-18H2,1-2H3,(H,27,30). The molecular weight excluding hydrogens is 402 g/mol. The van der Waals surface area contributed by atoms with Crippen LogP contribution >= 0.6 is 0 Å². The summed E-state index contributed by atoms with van der Waals surface area (Å²) in [4.78, 5) is 28.6. The number of nitrogens with one attached hydrogen (secondary N) is 1. The van der Waals surface area contributed by atoms with Crippen LogP contribution in [-0.2, 0) is 22.6 Å². The highest BCUT2D eigenvalue weighted by atomic mass is 16.5. The van der Waals surface area contributed by atoms with Gasteiger partial charge in [0.2, 0.25) is 5.91 Å². The van der Waals surface area contributed by atoms with Crippen molar-refractivity contribution in [2.24, 2.45) is 5.92 Å². The topological polar surface area (TPSA) is 61.9 Å². The third-order valence-electron chi connectivity index (χ3n) is 6.50. The van der Waals surface area contributed by atoms with Gasteiger partial charge in [0.1, 0.15) is 5.75 Å². The maximum atomic E-state index is 12.4. The number of hydrogen-bond acceptors (Lipinski definition) is 4. The van der Waals surface area contributed by atoms with Gasteiger partial charge < -0.3 is 15.0 Å². The van der Waals surface area contributed by atoms with Crippen LogP contribution in [0.2, 0.25) is 0 Å². The predicted octanol–water partition coefficient (Wildman–Crippen LogP) is 3.39. The molecule has 2 heterocycles. The summed E-state index contributed by atoms with van der Waals surface area (Å²) < 4.78 is 5.67.